The van der Waals surface area contributed by atoms with E-state index in [9.17, 15) is 9.59 Å². The van der Waals surface area contributed by atoms with E-state index in [1.807, 2.05) is 6.07 Å². The van der Waals surface area contributed by atoms with Crippen LogP contribution >= 0.6 is 15.9 Å². The third kappa shape index (κ3) is 3.25. The molecule has 8 heteroatoms. The van der Waals surface area contributed by atoms with Gasteiger partial charge < -0.3 is 24.5 Å². The second-order valence-corrected chi connectivity index (χ2v) is 6.34. The molecule has 0 spiro atoms. The summed E-state index contributed by atoms with van der Waals surface area (Å²) in [6, 6.07) is 4.59. The average Bonchev–Trinajstić information content (AvgIpc) is 3.02. The highest BCUT2D eigenvalue weighted by molar-refractivity contribution is 9.10. The fraction of sp³-hybridized carbons (Fsp3) is 0.375. The van der Waals surface area contributed by atoms with E-state index in [2.05, 4.69) is 26.2 Å². The second-order valence-electron chi connectivity index (χ2n) is 5.49. The van der Waals surface area contributed by atoms with Crippen molar-refractivity contribution < 1.29 is 19.0 Å². The Bertz CT molecular complexity index is 835. The first-order valence-electron chi connectivity index (χ1n) is 7.40. The van der Waals surface area contributed by atoms with Crippen molar-refractivity contribution >= 4 is 32.8 Å². The third-order valence-corrected chi connectivity index (χ3v) is 4.57. The monoisotopic (exact) mass is 396 g/mol. The summed E-state index contributed by atoms with van der Waals surface area (Å²) >= 11 is 3.43. The molecule has 2 atom stereocenters. The van der Waals surface area contributed by atoms with Crippen LogP contribution < -0.4 is 20.3 Å². The molecule has 2 aromatic rings. The summed E-state index contributed by atoms with van der Waals surface area (Å²) in [6.07, 6.45) is 0.262. The zero-order valence-corrected chi connectivity index (χ0v) is 14.8. The molecule has 1 aliphatic heterocycles. The van der Waals surface area contributed by atoms with Crippen molar-refractivity contribution in [2.24, 2.45) is 0 Å². The average molecular weight is 397 g/mol. The number of benzene rings is 1. The van der Waals surface area contributed by atoms with E-state index in [0.29, 0.717) is 30.0 Å². The van der Waals surface area contributed by atoms with E-state index in [1.165, 1.54) is 13.2 Å². The number of ether oxygens (including phenoxy) is 3. The second kappa shape index (κ2) is 6.82. The van der Waals surface area contributed by atoms with Gasteiger partial charge >= 0.3 is 5.97 Å². The summed E-state index contributed by atoms with van der Waals surface area (Å²) in [5, 5.41) is 3.81. The molecule has 0 aliphatic carbocycles. The largest absolute Gasteiger partial charge is 0.495 e. The zero-order chi connectivity index (χ0) is 17.3. The number of aromatic nitrogens is 1. The number of hydrogen-bond donors (Lipinski definition) is 2. The fourth-order valence-corrected chi connectivity index (χ4v) is 3.28. The van der Waals surface area contributed by atoms with Crippen molar-refractivity contribution in [1.29, 1.82) is 0 Å². The molecule has 1 aliphatic rings. The normalized spacial score (nSPS) is 20.1. The van der Waals surface area contributed by atoms with Crippen LogP contribution in [-0.2, 0) is 9.53 Å². The minimum absolute atomic E-state index is 0.222. The lowest BCUT2D eigenvalue weighted by atomic mass is 10.1. The van der Waals surface area contributed by atoms with Crippen LogP contribution in [-0.4, -0.2) is 43.9 Å². The Balaban J connectivity index is 1.91. The molecular weight excluding hydrogens is 380 g/mol. The molecule has 128 valence electrons. The Hall–Kier alpha value is -2.06. The summed E-state index contributed by atoms with van der Waals surface area (Å²) in [6.45, 7) is 0.505. The number of halogens is 1. The van der Waals surface area contributed by atoms with Crippen LogP contribution in [0.4, 0.5) is 0 Å². The van der Waals surface area contributed by atoms with Crippen LogP contribution in [0.5, 0.6) is 11.5 Å². The van der Waals surface area contributed by atoms with E-state index < -0.39 is 0 Å². The van der Waals surface area contributed by atoms with Gasteiger partial charge in [0.2, 0.25) is 0 Å². The molecule has 1 saturated heterocycles. The van der Waals surface area contributed by atoms with E-state index in [1.54, 1.807) is 13.2 Å². The lowest BCUT2D eigenvalue weighted by molar-refractivity contribution is -0.142. The molecule has 0 saturated carbocycles. The number of fused-ring (bicyclic) bond motifs is 1. The number of carbonyl (C=O) groups excluding carboxylic acids is 1. The van der Waals surface area contributed by atoms with Gasteiger partial charge in [-0.05, 0) is 22.0 Å². The van der Waals surface area contributed by atoms with Gasteiger partial charge in [-0.1, -0.05) is 0 Å². The number of pyridine rings is 1. The number of esters is 1. The van der Waals surface area contributed by atoms with Gasteiger partial charge in [0.25, 0.3) is 5.56 Å². The molecule has 0 amide bonds. The number of H-pyrrole nitrogens is 1. The number of hydrogen-bond acceptors (Lipinski definition) is 6. The molecule has 2 heterocycles. The molecule has 24 heavy (non-hydrogen) atoms. The number of aromatic amines is 1. The minimum atomic E-state index is -0.389. The van der Waals surface area contributed by atoms with Crippen LogP contribution in [0, 0.1) is 0 Å². The summed E-state index contributed by atoms with van der Waals surface area (Å²) in [5.74, 6) is 0.766. The van der Waals surface area contributed by atoms with Crippen molar-refractivity contribution in [2.45, 2.75) is 18.6 Å². The predicted octanol–water partition coefficient (Wildman–Crippen LogP) is 1.58. The molecule has 7 nitrogen and oxygen atoms in total. The van der Waals surface area contributed by atoms with Gasteiger partial charge in [0.1, 0.15) is 23.6 Å². The lowest BCUT2D eigenvalue weighted by Gasteiger charge is -2.15. The summed E-state index contributed by atoms with van der Waals surface area (Å²) in [7, 11) is 2.91. The zero-order valence-electron chi connectivity index (χ0n) is 13.2. The van der Waals surface area contributed by atoms with Gasteiger partial charge in [-0.15, -0.1) is 0 Å². The molecule has 0 unspecified atom stereocenters. The van der Waals surface area contributed by atoms with Crippen LogP contribution in [0.2, 0.25) is 0 Å². The summed E-state index contributed by atoms with van der Waals surface area (Å²) < 4.78 is 16.7. The van der Waals surface area contributed by atoms with Crippen molar-refractivity contribution in [1.82, 2.24) is 10.3 Å². The maximum absolute atomic E-state index is 11.9. The number of rotatable bonds is 4. The van der Waals surface area contributed by atoms with E-state index in [-0.39, 0.29) is 23.7 Å². The minimum Gasteiger partial charge on any atom is -0.495 e. The molecule has 0 bridgehead atoms. The summed E-state index contributed by atoms with van der Waals surface area (Å²) in [5.41, 5.74) is 0.352. The quantitative estimate of drug-likeness (QED) is 0.762. The lowest BCUT2D eigenvalue weighted by Crippen LogP contribution is -2.31. The van der Waals surface area contributed by atoms with Crippen molar-refractivity contribution in [3.8, 4) is 11.5 Å². The molecule has 1 aromatic heterocycles. The molecule has 1 fully saturated rings. The first kappa shape index (κ1) is 16.8. The maximum atomic E-state index is 11.9. The first-order valence-corrected chi connectivity index (χ1v) is 8.19. The van der Waals surface area contributed by atoms with E-state index >= 15 is 0 Å². The van der Waals surface area contributed by atoms with Gasteiger partial charge in [0.15, 0.2) is 0 Å². The Kier molecular flexibility index (Phi) is 4.77. The standard InChI is InChI=1S/C16H17BrN2O5/c1-22-14-5-11-9(4-10(14)17)13(6-15(20)19-11)24-8-3-12(18-7-8)16(21)23-2/h4-6,8,12,18H,3,7H2,1-2H3,(H,19,20)/t8-,12+/m1/s1. The van der Waals surface area contributed by atoms with Crippen molar-refractivity contribution in [3.05, 3.63) is 33.0 Å². The maximum Gasteiger partial charge on any atom is 0.323 e. The molecule has 1 aromatic carbocycles. The van der Waals surface area contributed by atoms with Crippen LogP contribution in [0.15, 0.2) is 27.5 Å². The van der Waals surface area contributed by atoms with Crippen LogP contribution in [0.25, 0.3) is 10.9 Å². The van der Waals surface area contributed by atoms with Gasteiger partial charge in [-0.2, -0.15) is 0 Å². The molecule has 0 radical (unpaired) electrons. The number of methoxy groups -OCH3 is 2. The topological polar surface area (TPSA) is 89.7 Å². The highest BCUT2D eigenvalue weighted by Gasteiger charge is 2.31. The number of nitrogens with one attached hydrogen (secondary N) is 2. The highest BCUT2D eigenvalue weighted by Crippen LogP contribution is 2.33. The summed E-state index contributed by atoms with van der Waals surface area (Å²) in [4.78, 5) is 26.2. The van der Waals surface area contributed by atoms with E-state index in [0.717, 1.165) is 9.86 Å². The predicted molar refractivity (Wildman–Crippen MR) is 91.7 cm³/mol. The third-order valence-electron chi connectivity index (χ3n) is 3.95. The van der Waals surface area contributed by atoms with Gasteiger partial charge in [0, 0.05) is 30.5 Å². The van der Waals surface area contributed by atoms with Crippen LogP contribution in [0.1, 0.15) is 6.42 Å². The van der Waals surface area contributed by atoms with Gasteiger partial charge in [-0.3, -0.25) is 9.59 Å². The Morgan fingerprint density at radius 3 is 2.75 bits per heavy atom. The van der Waals surface area contributed by atoms with Gasteiger partial charge in [0.05, 0.1) is 24.2 Å². The Morgan fingerprint density at radius 2 is 2.04 bits per heavy atom. The molecule has 2 N–H and O–H groups in total. The Morgan fingerprint density at radius 1 is 1.25 bits per heavy atom. The first-order chi connectivity index (χ1) is 11.5. The van der Waals surface area contributed by atoms with Gasteiger partial charge in [-0.25, -0.2) is 0 Å². The molecule has 3 rings (SSSR count). The van der Waals surface area contributed by atoms with Crippen LogP contribution in [0.3, 0.4) is 0 Å². The highest BCUT2D eigenvalue weighted by atomic mass is 79.9. The number of carbonyl (C=O) groups is 1. The van der Waals surface area contributed by atoms with Crippen molar-refractivity contribution in [2.75, 3.05) is 20.8 Å². The van der Waals surface area contributed by atoms with E-state index in [4.69, 9.17) is 14.2 Å². The Labute approximate surface area is 146 Å². The fourth-order valence-electron chi connectivity index (χ4n) is 2.77. The molecular formula is C16H17BrN2O5. The van der Waals surface area contributed by atoms with Crippen molar-refractivity contribution in [3.63, 3.8) is 0 Å². The smallest absolute Gasteiger partial charge is 0.323 e. The SMILES string of the molecule is COC(=O)[C@@H]1C[C@@H](Oc2cc(=O)[nH]c3cc(OC)c(Br)cc23)CN1.